The van der Waals surface area contributed by atoms with Crippen molar-refractivity contribution in [1.82, 2.24) is 9.55 Å². The van der Waals surface area contributed by atoms with Crippen LogP contribution in [-0.4, -0.2) is 27.8 Å². The van der Waals surface area contributed by atoms with E-state index in [4.69, 9.17) is 4.74 Å². The molecule has 4 rings (SSSR count). The number of para-hydroxylation sites is 1. The van der Waals surface area contributed by atoms with Crippen LogP contribution in [0, 0.1) is 0 Å². The van der Waals surface area contributed by atoms with Gasteiger partial charge in [0.1, 0.15) is 5.75 Å². The number of thiophene rings is 1. The number of benzene rings is 2. The molecule has 8 heteroatoms. The van der Waals surface area contributed by atoms with E-state index in [1.165, 1.54) is 11.8 Å². The average Bonchev–Trinajstić information content (AvgIpc) is 3.29. The van der Waals surface area contributed by atoms with Crippen molar-refractivity contribution in [3.63, 3.8) is 0 Å². The summed E-state index contributed by atoms with van der Waals surface area (Å²) in [6, 6.07) is 18.5. The highest BCUT2D eigenvalue weighted by Gasteiger charge is 2.14. The van der Waals surface area contributed by atoms with Crippen LogP contribution in [0.25, 0.3) is 10.9 Å². The number of nitrogens with zero attached hydrogens (tertiary/aromatic N) is 2. The lowest BCUT2D eigenvalue weighted by atomic mass is 10.2. The van der Waals surface area contributed by atoms with Crippen LogP contribution in [-0.2, 0) is 11.3 Å². The molecule has 0 spiro atoms. The van der Waals surface area contributed by atoms with Gasteiger partial charge >= 0.3 is 0 Å². The van der Waals surface area contributed by atoms with Crippen LogP contribution in [0.4, 0.5) is 5.69 Å². The van der Waals surface area contributed by atoms with E-state index in [9.17, 15) is 9.59 Å². The molecular formula is C23H21N3O3S2. The summed E-state index contributed by atoms with van der Waals surface area (Å²) in [5.74, 6) is 0.731. The van der Waals surface area contributed by atoms with Crippen LogP contribution >= 0.6 is 23.1 Å². The lowest BCUT2D eigenvalue weighted by molar-refractivity contribution is -0.113. The molecule has 0 unspecified atom stereocenters. The van der Waals surface area contributed by atoms with E-state index in [0.29, 0.717) is 34.9 Å². The molecule has 2 aromatic heterocycles. The van der Waals surface area contributed by atoms with Crippen molar-refractivity contribution < 1.29 is 9.53 Å². The summed E-state index contributed by atoms with van der Waals surface area (Å²) in [7, 11) is 0. The smallest absolute Gasteiger partial charge is 0.262 e. The molecule has 0 fully saturated rings. The molecule has 0 saturated carbocycles. The van der Waals surface area contributed by atoms with Crippen molar-refractivity contribution in [2.24, 2.45) is 0 Å². The summed E-state index contributed by atoms with van der Waals surface area (Å²) in [6.45, 7) is 2.94. The third kappa shape index (κ3) is 5.15. The molecule has 0 atom stereocenters. The number of thioether (sulfide) groups is 1. The Morgan fingerprint density at radius 1 is 1.13 bits per heavy atom. The lowest BCUT2D eigenvalue weighted by Gasteiger charge is -2.12. The molecule has 6 nitrogen and oxygen atoms in total. The number of ether oxygens (including phenoxy) is 1. The predicted molar refractivity (Wildman–Crippen MR) is 126 cm³/mol. The van der Waals surface area contributed by atoms with Crippen LogP contribution in [0.1, 0.15) is 11.8 Å². The first-order valence-electron chi connectivity index (χ1n) is 9.81. The Kier molecular flexibility index (Phi) is 6.69. The van der Waals surface area contributed by atoms with E-state index < -0.39 is 0 Å². The van der Waals surface area contributed by atoms with Crippen LogP contribution in [0.15, 0.2) is 76.0 Å². The van der Waals surface area contributed by atoms with Gasteiger partial charge in [-0.05, 0) is 54.8 Å². The summed E-state index contributed by atoms with van der Waals surface area (Å²) in [6.07, 6.45) is 0. The average molecular weight is 452 g/mol. The molecule has 0 aliphatic heterocycles. The van der Waals surface area contributed by atoms with Crippen LogP contribution < -0.4 is 15.6 Å². The Hall–Kier alpha value is -3.10. The Bertz CT molecular complexity index is 1240. The molecule has 0 radical (unpaired) electrons. The largest absolute Gasteiger partial charge is 0.494 e. The van der Waals surface area contributed by atoms with Gasteiger partial charge < -0.3 is 10.1 Å². The molecule has 2 heterocycles. The van der Waals surface area contributed by atoms with Gasteiger partial charge in [0.2, 0.25) is 5.91 Å². The number of fused-ring (bicyclic) bond motifs is 1. The van der Waals surface area contributed by atoms with Gasteiger partial charge in [-0.25, -0.2) is 4.98 Å². The molecule has 4 aromatic rings. The van der Waals surface area contributed by atoms with Gasteiger partial charge in [0.15, 0.2) is 5.16 Å². The second-order valence-corrected chi connectivity index (χ2v) is 8.65. The third-order valence-electron chi connectivity index (χ3n) is 4.50. The van der Waals surface area contributed by atoms with Crippen LogP contribution in [0.3, 0.4) is 0 Å². The number of carbonyl (C=O) groups excluding carboxylic acids is 1. The quantitative estimate of drug-likeness (QED) is 0.312. The van der Waals surface area contributed by atoms with E-state index in [1.54, 1.807) is 34.1 Å². The van der Waals surface area contributed by atoms with Gasteiger partial charge in [-0.1, -0.05) is 30.0 Å². The number of hydrogen-bond donors (Lipinski definition) is 1. The summed E-state index contributed by atoms with van der Waals surface area (Å²) in [5, 5.41) is 5.95. The number of rotatable bonds is 8. The first kappa shape index (κ1) is 21.1. The van der Waals surface area contributed by atoms with Gasteiger partial charge in [-0.2, -0.15) is 0 Å². The molecule has 1 amide bonds. The minimum Gasteiger partial charge on any atom is -0.494 e. The van der Waals surface area contributed by atoms with E-state index in [0.717, 1.165) is 10.6 Å². The highest BCUT2D eigenvalue weighted by Crippen LogP contribution is 2.21. The fourth-order valence-electron chi connectivity index (χ4n) is 3.08. The number of anilines is 1. The molecule has 0 saturated heterocycles. The summed E-state index contributed by atoms with van der Waals surface area (Å²) in [5.41, 5.74) is 1.22. The number of hydrogen-bond acceptors (Lipinski definition) is 6. The van der Waals surface area contributed by atoms with Crippen molar-refractivity contribution in [2.45, 2.75) is 18.6 Å². The molecule has 0 aliphatic rings. The van der Waals surface area contributed by atoms with Gasteiger partial charge in [0.25, 0.3) is 5.56 Å². The minimum atomic E-state index is -0.167. The predicted octanol–water partition coefficient (Wildman–Crippen LogP) is 4.64. The maximum Gasteiger partial charge on any atom is 0.262 e. The number of nitrogens with one attached hydrogen (secondary N) is 1. The van der Waals surface area contributed by atoms with Gasteiger partial charge in [0, 0.05) is 10.6 Å². The van der Waals surface area contributed by atoms with Crippen LogP contribution in [0.2, 0.25) is 0 Å². The maximum atomic E-state index is 13.1. The van der Waals surface area contributed by atoms with Gasteiger partial charge in [0.05, 0.1) is 29.8 Å². The fourth-order valence-corrected chi connectivity index (χ4v) is 4.58. The molecule has 31 heavy (non-hydrogen) atoms. The molecule has 1 N–H and O–H groups in total. The Balaban J connectivity index is 1.52. The number of amides is 1. The zero-order valence-electron chi connectivity index (χ0n) is 16.9. The van der Waals surface area contributed by atoms with E-state index >= 15 is 0 Å². The molecular weight excluding hydrogens is 430 g/mol. The van der Waals surface area contributed by atoms with E-state index in [-0.39, 0.29) is 17.2 Å². The molecule has 2 aromatic carbocycles. The standard InChI is InChI=1S/C23H21N3O3S2/c1-2-29-17-11-9-16(10-12-17)24-21(27)15-31-23-25-20-8-4-3-7-19(20)22(28)26(23)14-18-6-5-13-30-18/h3-13H,2,14-15H2,1H3,(H,24,27). The zero-order chi connectivity index (χ0) is 21.6. The maximum absolute atomic E-state index is 13.1. The zero-order valence-corrected chi connectivity index (χ0v) is 18.5. The Labute approximate surface area is 187 Å². The fraction of sp³-hybridized carbons (Fsp3) is 0.174. The molecule has 0 aliphatic carbocycles. The highest BCUT2D eigenvalue weighted by molar-refractivity contribution is 7.99. The number of carbonyl (C=O) groups is 1. The summed E-state index contributed by atoms with van der Waals surface area (Å²) in [4.78, 5) is 31.3. The minimum absolute atomic E-state index is 0.103. The Morgan fingerprint density at radius 2 is 1.94 bits per heavy atom. The first-order valence-corrected chi connectivity index (χ1v) is 11.7. The molecule has 158 valence electrons. The highest BCUT2D eigenvalue weighted by atomic mass is 32.2. The first-order chi connectivity index (χ1) is 15.1. The van der Waals surface area contributed by atoms with E-state index in [2.05, 4.69) is 10.3 Å². The van der Waals surface area contributed by atoms with Crippen molar-refractivity contribution in [3.05, 3.63) is 81.3 Å². The van der Waals surface area contributed by atoms with Crippen LogP contribution in [0.5, 0.6) is 5.75 Å². The SMILES string of the molecule is CCOc1ccc(NC(=O)CSc2nc3ccccc3c(=O)n2Cc2cccs2)cc1. The van der Waals surface area contributed by atoms with E-state index in [1.807, 2.05) is 54.8 Å². The second kappa shape index (κ2) is 9.80. The topological polar surface area (TPSA) is 73.2 Å². The Morgan fingerprint density at radius 3 is 2.68 bits per heavy atom. The molecule has 0 bridgehead atoms. The van der Waals surface area contributed by atoms with Gasteiger partial charge in [-0.15, -0.1) is 11.3 Å². The van der Waals surface area contributed by atoms with Crippen molar-refractivity contribution in [3.8, 4) is 5.75 Å². The summed E-state index contributed by atoms with van der Waals surface area (Å²) >= 11 is 2.84. The summed E-state index contributed by atoms with van der Waals surface area (Å²) < 4.78 is 7.06. The second-order valence-electron chi connectivity index (χ2n) is 6.68. The monoisotopic (exact) mass is 451 g/mol. The van der Waals surface area contributed by atoms with Crippen molar-refractivity contribution in [2.75, 3.05) is 17.7 Å². The van der Waals surface area contributed by atoms with Crippen molar-refractivity contribution in [1.29, 1.82) is 0 Å². The van der Waals surface area contributed by atoms with Crippen molar-refractivity contribution >= 4 is 45.6 Å². The lowest BCUT2D eigenvalue weighted by Crippen LogP contribution is -2.24. The van der Waals surface area contributed by atoms with Gasteiger partial charge in [-0.3, -0.25) is 14.2 Å². The normalized spacial score (nSPS) is 10.9. The number of aromatic nitrogens is 2. The third-order valence-corrected chi connectivity index (χ3v) is 6.34.